The molecule has 9 heteroatoms. The van der Waals surface area contributed by atoms with E-state index >= 15 is 0 Å². The molecule has 7 nitrogen and oxygen atoms in total. The van der Waals surface area contributed by atoms with E-state index in [1.165, 1.54) is 22.4 Å². The summed E-state index contributed by atoms with van der Waals surface area (Å²) in [6.07, 6.45) is 1.01. The Kier molecular flexibility index (Phi) is 6.77. The van der Waals surface area contributed by atoms with Crippen LogP contribution in [0.5, 0.6) is 0 Å². The lowest BCUT2D eigenvalue weighted by atomic mass is 10.2. The molecular formula is C18H25ClN2O5S. The van der Waals surface area contributed by atoms with Gasteiger partial charge >= 0.3 is 6.09 Å². The van der Waals surface area contributed by atoms with E-state index in [0.717, 1.165) is 0 Å². The maximum absolute atomic E-state index is 12.9. The van der Waals surface area contributed by atoms with Crippen LogP contribution in [0, 0.1) is 0 Å². The van der Waals surface area contributed by atoms with E-state index in [1.807, 2.05) is 0 Å². The molecule has 0 spiro atoms. The van der Waals surface area contributed by atoms with E-state index in [1.54, 1.807) is 45.0 Å². The highest BCUT2D eigenvalue weighted by Crippen LogP contribution is 2.21. The van der Waals surface area contributed by atoms with Gasteiger partial charge in [0.1, 0.15) is 5.60 Å². The maximum atomic E-state index is 12.9. The smallest absolute Gasteiger partial charge is 0.410 e. The molecule has 0 saturated carbocycles. The molecule has 27 heavy (non-hydrogen) atoms. The Hall–Kier alpha value is -1.77. The number of piperazine rings is 1. The number of hydrogen-bond donors (Lipinski definition) is 0. The molecular weight excluding hydrogens is 392 g/mol. The third-order valence-corrected chi connectivity index (χ3v) is 5.93. The molecule has 0 radical (unpaired) electrons. The van der Waals surface area contributed by atoms with Crippen LogP contribution in [0.4, 0.5) is 4.79 Å². The highest BCUT2D eigenvalue weighted by molar-refractivity contribution is 7.92. The van der Waals surface area contributed by atoms with E-state index in [4.69, 9.17) is 21.1 Å². The first-order valence-corrected chi connectivity index (χ1v) is 10.3. The van der Waals surface area contributed by atoms with E-state index in [2.05, 4.69) is 0 Å². The fourth-order valence-electron chi connectivity index (χ4n) is 2.50. The zero-order chi connectivity index (χ0) is 20.2. The molecule has 1 saturated heterocycles. The number of nitrogens with zero attached hydrogens (tertiary/aromatic N) is 2. The Morgan fingerprint density at radius 1 is 1.11 bits per heavy atom. The normalized spacial score (nSPS) is 16.9. The molecule has 1 aromatic rings. The number of carbonyl (C=O) groups excluding carboxylic acids is 1. The van der Waals surface area contributed by atoms with Crippen LogP contribution in [-0.4, -0.2) is 62.6 Å². The minimum Gasteiger partial charge on any atom is -0.485 e. The fraction of sp³-hybridized carbons (Fsp3) is 0.500. The van der Waals surface area contributed by atoms with Gasteiger partial charge in [0.25, 0.3) is 10.0 Å². The Labute approximate surface area is 165 Å². The van der Waals surface area contributed by atoms with Crippen molar-refractivity contribution in [3.63, 3.8) is 0 Å². The molecule has 1 aliphatic rings. The van der Waals surface area contributed by atoms with Gasteiger partial charge in [0.2, 0.25) is 5.09 Å². The number of sulfonamides is 1. The van der Waals surface area contributed by atoms with Crippen LogP contribution in [0.2, 0.25) is 5.02 Å². The summed E-state index contributed by atoms with van der Waals surface area (Å²) in [4.78, 5) is 13.6. The molecule has 1 aromatic carbocycles. The predicted octanol–water partition coefficient (Wildman–Crippen LogP) is 3.17. The number of carbonyl (C=O) groups is 1. The van der Waals surface area contributed by atoms with Gasteiger partial charge in [-0.05, 0) is 38.5 Å². The summed E-state index contributed by atoms with van der Waals surface area (Å²) >= 11 is 5.85. The quantitative estimate of drug-likeness (QED) is 0.704. The molecule has 150 valence electrons. The van der Waals surface area contributed by atoms with Gasteiger partial charge in [0.05, 0.1) is 7.11 Å². The number of halogens is 1. The van der Waals surface area contributed by atoms with E-state index < -0.39 is 21.7 Å². The van der Waals surface area contributed by atoms with Crippen molar-refractivity contribution in [3.8, 4) is 0 Å². The second-order valence-corrected chi connectivity index (χ2v) is 9.40. The Morgan fingerprint density at radius 2 is 1.67 bits per heavy atom. The SMILES string of the molecule is COC(=Cc1ccc(Cl)cc1)S(=O)(=O)N1CCN(C(=O)OC(C)(C)C)CC1. The highest BCUT2D eigenvalue weighted by Gasteiger charge is 2.33. The van der Waals surface area contributed by atoms with Gasteiger partial charge in [-0.3, -0.25) is 0 Å². The molecule has 0 unspecified atom stereocenters. The van der Waals surface area contributed by atoms with Crippen molar-refractivity contribution in [2.45, 2.75) is 26.4 Å². The third-order valence-electron chi connectivity index (χ3n) is 3.84. The first-order valence-electron chi connectivity index (χ1n) is 8.52. The Balaban J connectivity index is 2.08. The van der Waals surface area contributed by atoms with Gasteiger partial charge in [0.15, 0.2) is 0 Å². The second-order valence-electron chi connectivity index (χ2n) is 7.09. The van der Waals surface area contributed by atoms with Crippen LogP contribution in [0.3, 0.4) is 0 Å². The standard InChI is InChI=1S/C18H25ClN2O5S/c1-18(2,3)26-17(22)20-9-11-21(12-10-20)27(23,24)16(25-4)13-14-5-7-15(19)8-6-14/h5-8,13H,9-12H2,1-4H3. The fourth-order valence-corrected chi connectivity index (χ4v) is 4.02. The number of ether oxygens (including phenoxy) is 2. The van der Waals surface area contributed by atoms with Crippen molar-refractivity contribution in [3.05, 3.63) is 39.9 Å². The summed E-state index contributed by atoms with van der Waals surface area (Å²) in [6, 6.07) is 6.76. The zero-order valence-corrected chi connectivity index (χ0v) is 17.5. The van der Waals surface area contributed by atoms with E-state index in [9.17, 15) is 13.2 Å². The van der Waals surface area contributed by atoms with Gasteiger partial charge in [-0.1, -0.05) is 23.7 Å². The lowest BCUT2D eigenvalue weighted by Gasteiger charge is -2.35. The van der Waals surface area contributed by atoms with Crippen LogP contribution in [-0.2, 0) is 19.5 Å². The van der Waals surface area contributed by atoms with Crippen molar-refractivity contribution >= 4 is 33.8 Å². The molecule has 1 fully saturated rings. The van der Waals surface area contributed by atoms with Gasteiger partial charge in [0, 0.05) is 37.3 Å². The van der Waals surface area contributed by atoms with Gasteiger partial charge in [-0.2, -0.15) is 4.31 Å². The van der Waals surface area contributed by atoms with Crippen molar-refractivity contribution in [1.29, 1.82) is 0 Å². The van der Waals surface area contributed by atoms with Crippen LogP contribution in [0.25, 0.3) is 6.08 Å². The van der Waals surface area contributed by atoms with Crippen LogP contribution >= 0.6 is 11.6 Å². The van der Waals surface area contributed by atoms with Gasteiger partial charge < -0.3 is 14.4 Å². The van der Waals surface area contributed by atoms with Gasteiger partial charge in [-0.25, -0.2) is 13.2 Å². The minimum atomic E-state index is -3.81. The Bertz CT molecular complexity index is 792. The number of methoxy groups -OCH3 is 1. The molecule has 0 atom stereocenters. The van der Waals surface area contributed by atoms with Crippen LogP contribution < -0.4 is 0 Å². The summed E-state index contributed by atoms with van der Waals surface area (Å²) in [6.45, 7) is 6.22. The van der Waals surface area contributed by atoms with Crippen molar-refractivity contribution < 1.29 is 22.7 Å². The van der Waals surface area contributed by atoms with Gasteiger partial charge in [-0.15, -0.1) is 0 Å². The van der Waals surface area contributed by atoms with E-state index in [-0.39, 0.29) is 31.3 Å². The summed E-state index contributed by atoms with van der Waals surface area (Å²) in [7, 11) is -2.49. The predicted molar refractivity (Wildman–Crippen MR) is 105 cm³/mol. The largest absolute Gasteiger partial charge is 0.485 e. The second kappa shape index (κ2) is 8.50. The molecule has 1 amide bonds. The van der Waals surface area contributed by atoms with Crippen molar-refractivity contribution in [1.82, 2.24) is 9.21 Å². The number of hydrogen-bond acceptors (Lipinski definition) is 5. The molecule has 0 aliphatic carbocycles. The molecule has 0 aromatic heterocycles. The molecule has 1 aliphatic heterocycles. The average molecular weight is 417 g/mol. The summed E-state index contributed by atoms with van der Waals surface area (Å²) in [5, 5.41) is 0.405. The maximum Gasteiger partial charge on any atom is 0.410 e. The van der Waals surface area contributed by atoms with E-state index in [0.29, 0.717) is 10.6 Å². The number of benzene rings is 1. The van der Waals surface area contributed by atoms with Crippen LogP contribution in [0.1, 0.15) is 26.3 Å². The number of amides is 1. The zero-order valence-electron chi connectivity index (χ0n) is 15.9. The first kappa shape index (κ1) is 21.5. The first-order chi connectivity index (χ1) is 12.5. The molecule has 2 rings (SSSR count). The van der Waals surface area contributed by atoms with Crippen LogP contribution in [0.15, 0.2) is 29.4 Å². The lowest BCUT2D eigenvalue weighted by Crippen LogP contribution is -2.51. The van der Waals surface area contributed by atoms with Crippen molar-refractivity contribution in [2.75, 3.05) is 33.3 Å². The Morgan fingerprint density at radius 3 is 2.15 bits per heavy atom. The average Bonchev–Trinajstić information content (AvgIpc) is 2.59. The summed E-state index contributed by atoms with van der Waals surface area (Å²) in [5.74, 6) is 0. The third kappa shape index (κ3) is 5.85. The topological polar surface area (TPSA) is 76.2 Å². The summed E-state index contributed by atoms with van der Waals surface area (Å²) < 4.78 is 37.5. The highest BCUT2D eigenvalue weighted by atomic mass is 35.5. The lowest BCUT2D eigenvalue weighted by molar-refractivity contribution is 0.0192. The molecule has 0 bridgehead atoms. The minimum absolute atomic E-state index is 0.157. The summed E-state index contributed by atoms with van der Waals surface area (Å²) in [5.41, 5.74) is 0.0670. The number of rotatable bonds is 4. The van der Waals surface area contributed by atoms with Crippen molar-refractivity contribution in [2.24, 2.45) is 0 Å². The monoisotopic (exact) mass is 416 g/mol. The molecule has 0 N–H and O–H groups in total. The molecule has 1 heterocycles.